The van der Waals surface area contributed by atoms with Crippen molar-refractivity contribution in [1.82, 2.24) is 4.57 Å². The topological polar surface area (TPSA) is 17.0 Å². The van der Waals surface area contributed by atoms with Crippen molar-refractivity contribution < 1.29 is 4.39 Å². The summed E-state index contributed by atoms with van der Waals surface area (Å²) < 4.78 is 15.3. The summed E-state index contributed by atoms with van der Waals surface area (Å²) in [5.41, 5.74) is 4.45. The van der Waals surface area contributed by atoms with Crippen LogP contribution in [-0.2, 0) is 0 Å². The maximum atomic E-state index is 13.1. The highest BCUT2D eigenvalue weighted by Crippen LogP contribution is 2.36. The largest absolute Gasteiger partial charge is 0.371 e. The summed E-state index contributed by atoms with van der Waals surface area (Å²) in [5, 5.41) is 3.53. The molecule has 98 valence electrons. The molecule has 0 unspecified atom stereocenters. The zero-order valence-electron chi connectivity index (χ0n) is 10.8. The molecule has 4 rings (SSSR count). The van der Waals surface area contributed by atoms with Gasteiger partial charge in [-0.1, -0.05) is 24.3 Å². The van der Waals surface area contributed by atoms with Crippen molar-refractivity contribution >= 4 is 5.69 Å². The Morgan fingerprint density at radius 2 is 1.70 bits per heavy atom. The molecule has 2 heterocycles. The molecule has 2 nitrogen and oxygen atoms in total. The summed E-state index contributed by atoms with van der Waals surface area (Å²) in [6, 6.07) is 19.0. The van der Waals surface area contributed by atoms with Gasteiger partial charge in [-0.05, 0) is 42.0 Å². The van der Waals surface area contributed by atoms with Gasteiger partial charge in [0, 0.05) is 11.9 Å². The highest BCUT2D eigenvalue weighted by atomic mass is 19.1. The van der Waals surface area contributed by atoms with E-state index in [0.29, 0.717) is 0 Å². The molecule has 1 atom stereocenters. The molecule has 0 aliphatic carbocycles. The molecule has 20 heavy (non-hydrogen) atoms. The van der Waals surface area contributed by atoms with E-state index in [0.717, 1.165) is 22.6 Å². The second kappa shape index (κ2) is 4.23. The summed E-state index contributed by atoms with van der Waals surface area (Å²) in [6.07, 6.45) is 2.06. The van der Waals surface area contributed by atoms with Crippen LogP contribution in [0.1, 0.15) is 17.3 Å². The zero-order chi connectivity index (χ0) is 13.5. The van der Waals surface area contributed by atoms with Gasteiger partial charge in [0.25, 0.3) is 0 Å². The second-order valence-electron chi connectivity index (χ2n) is 4.95. The van der Waals surface area contributed by atoms with Crippen molar-refractivity contribution in [1.29, 1.82) is 0 Å². The van der Waals surface area contributed by atoms with E-state index >= 15 is 0 Å². The Balaban J connectivity index is 1.87. The number of anilines is 1. The lowest BCUT2D eigenvalue weighted by molar-refractivity contribution is 0.626. The van der Waals surface area contributed by atoms with Gasteiger partial charge in [0.15, 0.2) is 0 Å². The van der Waals surface area contributed by atoms with Gasteiger partial charge in [-0.15, -0.1) is 0 Å². The number of benzene rings is 2. The fourth-order valence-electron chi connectivity index (χ4n) is 2.79. The van der Waals surface area contributed by atoms with Crippen molar-refractivity contribution in [3.05, 3.63) is 83.9 Å². The first-order valence-corrected chi connectivity index (χ1v) is 6.61. The van der Waals surface area contributed by atoms with Crippen LogP contribution in [0.5, 0.6) is 0 Å². The zero-order valence-corrected chi connectivity index (χ0v) is 10.8. The van der Waals surface area contributed by atoms with E-state index in [1.165, 1.54) is 12.1 Å². The molecule has 3 heteroatoms. The van der Waals surface area contributed by atoms with Gasteiger partial charge in [-0.2, -0.15) is 0 Å². The Morgan fingerprint density at radius 1 is 0.900 bits per heavy atom. The number of fused-ring (bicyclic) bond motifs is 3. The van der Waals surface area contributed by atoms with Gasteiger partial charge in [-0.3, -0.25) is 0 Å². The Hall–Kier alpha value is -2.55. The van der Waals surface area contributed by atoms with E-state index in [1.807, 2.05) is 30.3 Å². The number of hydrogen-bond donors (Lipinski definition) is 1. The monoisotopic (exact) mass is 264 g/mol. The van der Waals surface area contributed by atoms with E-state index in [1.54, 1.807) is 0 Å². The van der Waals surface area contributed by atoms with E-state index in [9.17, 15) is 4.39 Å². The fraction of sp³-hybridized carbons (Fsp3) is 0.0588. The van der Waals surface area contributed by atoms with Crippen molar-refractivity contribution in [3.63, 3.8) is 0 Å². The van der Waals surface area contributed by atoms with Crippen molar-refractivity contribution in [2.24, 2.45) is 0 Å². The number of aromatic nitrogens is 1. The van der Waals surface area contributed by atoms with Gasteiger partial charge in [0.1, 0.15) is 5.82 Å². The molecule has 1 N–H and O–H groups in total. The van der Waals surface area contributed by atoms with Gasteiger partial charge >= 0.3 is 0 Å². The van der Waals surface area contributed by atoms with Gasteiger partial charge in [-0.25, -0.2) is 4.39 Å². The Morgan fingerprint density at radius 3 is 2.55 bits per heavy atom. The first-order chi connectivity index (χ1) is 9.83. The molecule has 3 aromatic rings. The third kappa shape index (κ3) is 1.63. The molecule has 0 bridgehead atoms. The highest BCUT2D eigenvalue weighted by molar-refractivity contribution is 5.66. The number of hydrogen-bond acceptors (Lipinski definition) is 1. The first-order valence-electron chi connectivity index (χ1n) is 6.61. The molecule has 0 saturated carbocycles. The van der Waals surface area contributed by atoms with E-state index in [2.05, 4.69) is 34.3 Å². The molecule has 0 amide bonds. The minimum absolute atomic E-state index is 0.0421. The lowest BCUT2D eigenvalue weighted by Crippen LogP contribution is -2.21. The number of para-hydroxylation sites is 2. The molecule has 0 spiro atoms. The molecule has 0 saturated heterocycles. The predicted octanol–water partition coefficient (Wildman–Crippen LogP) is 4.13. The molecule has 0 fully saturated rings. The Labute approximate surface area is 116 Å². The second-order valence-corrected chi connectivity index (χ2v) is 4.95. The van der Waals surface area contributed by atoms with E-state index in [-0.39, 0.29) is 11.9 Å². The average Bonchev–Trinajstić information content (AvgIpc) is 2.97. The van der Waals surface area contributed by atoms with Crippen LogP contribution in [0.15, 0.2) is 66.9 Å². The predicted molar refractivity (Wildman–Crippen MR) is 77.6 cm³/mol. The number of rotatable bonds is 1. The lowest BCUT2D eigenvalue weighted by atomic mass is 10.0. The third-order valence-corrected chi connectivity index (χ3v) is 3.74. The van der Waals surface area contributed by atoms with E-state index in [4.69, 9.17) is 0 Å². The molecule has 0 radical (unpaired) electrons. The van der Waals surface area contributed by atoms with Crippen LogP contribution in [-0.4, -0.2) is 4.57 Å². The first kappa shape index (κ1) is 11.3. The summed E-state index contributed by atoms with van der Waals surface area (Å²) in [7, 11) is 0. The van der Waals surface area contributed by atoms with Crippen LogP contribution in [0.3, 0.4) is 0 Å². The van der Waals surface area contributed by atoms with Gasteiger partial charge in [0.2, 0.25) is 0 Å². The summed E-state index contributed by atoms with van der Waals surface area (Å²) in [6.45, 7) is 0. The summed E-state index contributed by atoms with van der Waals surface area (Å²) >= 11 is 0. The maximum absolute atomic E-state index is 13.1. The minimum atomic E-state index is -0.208. The summed E-state index contributed by atoms with van der Waals surface area (Å²) in [5.74, 6) is -0.208. The van der Waals surface area contributed by atoms with E-state index < -0.39 is 0 Å². The molecular weight excluding hydrogens is 251 g/mol. The Bertz CT molecular complexity index is 759. The number of nitrogens with one attached hydrogen (secondary N) is 1. The number of halogens is 1. The van der Waals surface area contributed by atoms with Crippen LogP contribution < -0.4 is 5.32 Å². The molecule has 2 aromatic carbocycles. The maximum Gasteiger partial charge on any atom is 0.123 e. The number of nitrogens with zero attached hydrogens (tertiary/aromatic N) is 1. The minimum Gasteiger partial charge on any atom is -0.371 e. The van der Waals surface area contributed by atoms with Crippen LogP contribution in [0.2, 0.25) is 0 Å². The highest BCUT2D eigenvalue weighted by Gasteiger charge is 2.24. The standard InChI is InChI=1S/C17H13FN2/c18-13-9-7-12(8-10-13)17-16-6-3-11-20(16)15-5-2-1-4-14(15)19-17/h1-11,17,19H/t17-/m1/s1. The molecular formula is C17H13FN2. The van der Waals surface area contributed by atoms with Crippen molar-refractivity contribution in [2.45, 2.75) is 6.04 Å². The average molecular weight is 264 g/mol. The normalized spacial score (nSPS) is 16.1. The van der Waals surface area contributed by atoms with Gasteiger partial charge < -0.3 is 9.88 Å². The SMILES string of the molecule is Fc1ccc([C@H]2Nc3ccccc3-n3cccc32)cc1. The third-order valence-electron chi connectivity index (χ3n) is 3.74. The van der Waals surface area contributed by atoms with Crippen LogP contribution in [0.4, 0.5) is 10.1 Å². The fourth-order valence-corrected chi connectivity index (χ4v) is 2.79. The van der Waals surface area contributed by atoms with Crippen LogP contribution >= 0.6 is 0 Å². The lowest BCUT2D eigenvalue weighted by Gasteiger charge is -2.29. The molecule has 1 aliphatic heterocycles. The van der Waals surface area contributed by atoms with Crippen LogP contribution in [0.25, 0.3) is 5.69 Å². The molecule has 1 aliphatic rings. The smallest absolute Gasteiger partial charge is 0.123 e. The van der Waals surface area contributed by atoms with Crippen LogP contribution in [0, 0.1) is 5.82 Å². The van der Waals surface area contributed by atoms with Crippen molar-refractivity contribution in [2.75, 3.05) is 5.32 Å². The van der Waals surface area contributed by atoms with Gasteiger partial charge in [0.05, 0.1) is 17.4 Å². The quantitative estimate of drug-likeness (QED) is 0.699. The summed E-state index contributed by atoms with van der Waals surface area (Å²) in [4.78, 5) is 0. The van der Waals surface area contributed by atoms with Crippen molar-refractivity contribution in [3.8, 4) is 5.69 Å². The molecule has 1 aromatic heterocycles. The Kier molecular flexibility index (Phi) is 2.39.